The second-order valence-electron chi connectivity index (χ2n) is 5.79. The predicted molar refractivity (Wildman–Crippen MR) is 99.0 cm³/mol. The van der Waals surface area contributed by atoms with Crippen molar-refractivity contribution < 1.29 is 0 Å². The lowest BCUT2D eigenvalue weighted by atomic mass is 10.1. The Morgan fingerprint density at radius 3 is 2.79 bits per heavy atom. The third kappa shape index (κ3) is 2.73. The Morgan fingerprint density at radius 2 is 1.92 bits per heavy atom. The van der Waals surface area contributed by atoms with E-state index >= 15 is 0 Å². The number of nitrogens with one attached hydrogen (secondary N) is 1. The van der Waals surface area contributed by atoms with Crippen LogP contribution in [0.25, 0.3) is 0 Å². The molecule has 0 saturated heterocycles. The van der Waals surface area contributed by atoms with Crippen molar-refractivity contribution >= 4 is 39.1 Å². The van der Waals surface area contributed by atoms with Crippen LogP contribution in [0.4, 0.5) is 23.1 Å². The van der Waals surface area contributed by atoms with Crippen LogP contribution in [0.3, 0.4) is 0 Å². The lowest BCUT2D eigenvalue weighted by Gasteiger charge is -2.23. The van der Waals surface area contributed by atoms with Gasteiger partial charge in [-0.05, 0) is 53.0 Å². The van der Waals surface area contributed by atoms with Crippen molar-refractivity contribution in [3.63, 3.8) is 0 Å². The van der Waals surface area contributed by atoms with Gasteiger partial charge in [0.2, 0.25) is 5.95 Å². The van der Waals surface area contributed by atoms with E-state index in [0.29, 0.717) is 12.0 Å². The Hall–Kier alpha value is -2.47. The van der Waals surface area contributed by atoms with Crippen LogP contribution in [-0.4, -0.2) is 21.2 Å². The molecular formula is C18H16BrN5. The summed E-state index contributed by atoms with van der Waals surface area (Å²) in [5.74, 6) is 1.29. The summed E-state index contributed by atoms with van der Waals surface area (Å²) < 4.78 is 0.957. The van der Waals surface area contributed by atoms with Crippen molar-refractivity contribution in [2.75, 3.05) is 10.2 Å². The van der Waals surface area contributed by atoms with E-state index in [1.54, 1.807) is 6.20 Å². The minimum absolute atomic E-state index is 0.343. The summed E-state index contributed by atoms with van der Waals surface area (Å²) >= 11 is 3.52. The highest BCUT2D eigenvalue weighted by Gasteiger charge is 2.28. The first-order valence-electron chi connectivity index (χ1n) is 7.81. The molecule has 1 aromatic heterocycles. The van der Waals surface area contributed by atoms with Crippen LogP contribution in [-0.2, 0) is 6.42 Å². The second kappa shape index (κ2) is 6.20. The number of rotatable bonds is 3. The van der Waals surface area contributed by atoms with Crippen LogP contribution in [0.2, 0.25) is 0 Å². The van der Waals surface area contributed by atoms with Gasteiger partial charge in [-0.1, -0.05) is 30.3 Å². The maximum atomic E-state index is 4.66. The molecule has 0 amide bonds. The van der Waals surface area contributed by atoms with Crippen molar-refractivity contribution in [1.82, 2.24) is 15.2 Å². The van der Waals surface area contributed by atoms with Gasteiger partial charge in [0.25, 0.3) is 0 Å². The maximum absolute atomic E-state index is 4.66. The molecule has 4 rings (SSSR count). The van der Waals surface area contributed by atoms with Crippen molar-refractivity contribution in [3.8, 4) is 0 Å². The molecule has 5 nitrogen and oxygen atoms in total. The van der Waals surface area contributed by atoms with Crippen LogP contribution >= 0.6 is 15.9 Å². The lowest BCUT2D eigenvalue weighted by molar-refractivity contribution is 0.745. The fraction of sp³-hybridized carbons (Fsp3) is 0.167. The Kier molecular flexibility index (Phi) is 3.90. The molecule has 120 valence electrons. The van der Waals surface area contributed by atoms with Crippen LogP contribution in [0.5, 0.6) is 0 Å². The number of para-hydroxylation sites is 2. The lowest BCUT2D eigenvalue weighted by Crippen LogP contribution is -2.25. The first-order chi connectivity index (χ1) is 11.7. The third-order valence-electron chi connectivity index (χ3n) is 4.12. The number of anilines is 4. The molecule has 0 bridgehead atoms. The smallest absolute Gasteiger partial charge is 0.249 e. The third-order valence-corrected chi connectivity index (χ3v) is 4.81. The summed E-state index contributed by atoms with van der Waals surface area (Å²) in [4.78, 5) is 6.88. The van der Waals surface area contributed by atoms with Gasteiger partial charge in [0.1, 0.15) is 0 Å². The minimum atomic E-state index is 0.343. The maximum Gasteiger partial charge on any atom is 0.249 e. The summed E-state index contributed by atoms with van der Waals surface area (Å²) in [7, 11) is 0. The van der Waals surface area contributed by atoms with E-state index in [1.165, 1.54) is 11.3 Å². The zero-order chi connectivity index (χ0) is 16.5. The number of aromatic nitrogens is 3. The molecule has 6 heteroatoms. The van der Waals surface area contributed by atoms with Crippen molar-refractivity contribution in [2.45, 2.75) is 19.4 Å². The summed E-state index contributed by atoms with van der Waals surface area (Å²) in [6, 6.07) is 16.6. The van der Waals surface area contributed by atoms with E-state index in [1.807, 2.05) is 24.3 Å². The van der Waals surface area contributed by atoms with E-state index in [0.717, 1.165) is 22.4 Å². The summed E-state index contributed by atoms with van der Waals surface area (Å²) in [5.41, 5.74) is 3.44. The van der Waals surface area contributed by atoms with Crippen LogP contribution < -0.4 is 10.2 Å². The fourth-order valence-electron chi connectivity index (χ4n) is 3.06. The normalized spacial score (nSPS) is 16.1. The molecule has 1 N–H and O–H groups in total. The molecule has 1 unspecified atom stereocenters. The largest absolute Gasteiger partial charge is 0.322 e. The summed E-state index contributed by atoms with van der Waals surface area (Å²) in [5, 5.41) is 11.5. The van der Waals surface area contributed by atoms with Gasteiger partial charge in [-0.2, -0.15) is 10.1 Å². The Bertz CT molecular complexity index is 883. The fourth-order valence-corrected chi connectivity index (χ4v) is 3.45. The number of hydrogen-bond acceptors (Lipinski definition) is 5. The van der Waals surface area contributed by atoms with E-state index in [4.69, 9.17) is 0 Å². The molecule has 1 aliphatic heterocycles. The summed E-state index contributed by atoms with van der Waals surface area (Å²) in [6.45, 7) is 2.20. The predicted octanol–water partition coefficient (Wildman–Crippen LogP) is 4.46. The minimum Gasteiger partial charge on any atom is -0.322 e. The van der Waals surface area contributed by atoms with Gasteiger partial charge in [-0.15, -0.1) is 5.10 Å². The average Bonchev–Trinajstić information content (AvgIpc) is 2.93. The van der Waals surface area contributed by atoms with E-state index < -0.39 is 0 Å². The number of hydrogen-bond donors (Lipinski definition) is 1. The highest BCUT2D eigenvalue weighted by Crippen LogP contribution is 2.37. The molecule has 0 saturated carbocycles. The van der Waals surface area contributed by atoms with Gasteiger partial charge in [0.05, 0.1) is 11.9 Å². The van der Waals surface area contributed by atoms with Gasteiger partial charge in [-0.3, -0.25) is 0 Å². The van der Waals surface area contributed by atoms with Gasteiger partial charge >= 0.3 is 0 Å². The van der Waals surface area contributed by atoms with Gasteiger partial charge in [0, 0.05) is 16.2 Å². The average molecular weight is 382 g/mol. The first-order valence-corrected chi connectivity index (χ1v) is 8.60. The van der Waals surface area contributed by atoms with E-state index in [-0.39, 0.29) is 0 Å². The number of halogens is 1. The van der Waals surface area contributed by atoms with Crippen molar-refractivity contribution in [3.05, 3.63) is 64.8 Å². The molecule has 2 heterocycles. The quantitative estimate of drug-likeness (QED) is 0.725. The Labute approximate surface area is 148 Å². The van der Waals surface area contributed by atoms with E-state index in [9.17, 15) is 0 Å². The first kappa shape index (κ1) is 15.1. The number of fused-ring (bicyclic) bond motifs is 1. The van der Waals surface area contributed by atoms with Crippen LogP contribution in [0, 0.1) is 0 Å². The van der Waals surface area contributed by atoms with Crippen LogP contribution in [0.15, 0.2) is 59.2 Å². The molecule has 2 aromatic carbocycles. The molecule has 1 aliphatic rings. The zero-order valence-electron chi connectivity index (χ0n) is 13.1. The van der Waals surface area contributed by atoms with E-state index in [2.05, 4.69) is 72.5 Å². The molecule has 24 heavy (non-hydrogen) atoms. The standard InChI is InChI=1S/C18H16BrN5/c1-12-10-13-6-2-5-9-16(13)24(12)17-11-20-23-18(22-17)21-15-8-4-3-7-14(15)19/h2-9,11-12H,10H2,1H3,(H,21,22,23). The molecule has 0 radical (unpaired) electrons. The van der Waals surface area contributed by atoms with Crippen LogP contribution in [0.1, 0.15) is 12.5 Å². The van der Waals surface area contributed by atoms with Gasteiger partial charge < -0.3 is 10.2 Å². The molecular weight excluding hydrogens is 366 g/mol. The number of nitrogens with zero attached hydrogens (tertiary/aromatic N) is 4. The summed E-state index contributed by atoms with van der Waals surface area (Å²) in [6.07, 6.45) is 2.72. The van der Waals surface area contributed by atoms with Gasteiger partial charge in [-0.25, -0.2) is 0 Å². The highest BCUT2D eigenvalue weighted by molar-refractivity contribution is 9.10. The monoisotopic (exact) mass is 381 g/mol. The Morgan fingerprint density at radius 1 is 1.12 bits per heavy atom. The van der Waals surface area contributed by atoms with Crippen molar-refractivity contribution in [2.24, 2.45) is 0 Å². The molecule has 0 aliphatic carbocycles. The second-order valence-corrected chi connectivity index (χ2v) is 6.65. The SMILES string of the molecule is CC1Cc2ccccc2N1c1cnnc(Nc2ccccc2Br)n1. The topological polar surface area (TPSA) is 53.9 Å². The van der Waals surface area contributed by atoms with Crippen molar-refractivity contribution in [1.29, 1.82) is 0 Å². The highest BCUT2D eigenvalue weighted by atomic mass is 79.9. The molecule has 3 aromatic rings. The Balaban J connectivity index is 1.67. The molecule has 0 fully saturated rings. The zero-order valence-corrected chi connectivity index (χ0v) is 14.7. The number of benzene rings is 2. The molecule has 1 atom stereocenters. The van der Waals surface area contributed by atoms with Gasteiger partial charge in [0.15, 0.2) is 5.82 Å². The molecule has 0 spiro atoms.